The van der Waals surface area contributed by atoms with Crippen LogP contribution in [0.5, 0.6) is 0 Å². The summed E-state index contributed by atoms with van der Waals surface area (Å²) in [6.07, 6.45) is 5.31. The van der Waals surface area contributed by atoms with Gasteiger partial charge in [0.15, 0.2) is 0 Å². The second kappa shape index (κ2) is 4.75. The van der Waals surface area contributed by atoms with E-state index in [4.69, 9.17) is 0 Å². The van der Waals surface area contributed by atoms with Gasteiger partial charge in [0.05, 0.1) is 0 Å². The molecule has 0 atom stereocenters. The molecule has 15 heavy (non-hydrogen) atoms. The summed E-state index contributed by atoms with van der Waals surface area (Å²) in [4.78, 5) is 5.64. The van der Waals surface area contributed by atoms with E-state index < -0.39 is 0 Å². The Kier molecular flexibility index (Phi) is 3.36. The van der Waals surface area contributed by atoms with E-state index in [2.05, 4.69) is 33.9 Å². The van der Waals surface area contributed by atoms with E-state index in [9.17, 15) is 0 Å². The summed E-state index contributed by atoms with van der Waals surface area (Å²) in [6.45, 7) is 7.01. The molecule has 0 aromatic carbocycles. The predicted octanol–water partition coefficient (Wildman–Crippen LogP) is 1.47. The highest BCUT2D eigenvalue weighted by molar-refractivity contribution is 4.86. The molecule has 0 unspecified atom stereocenters. The van der Waals surface area contributed by atoms with Crippen LogP contribution in [0.3, 0.4) is 0 Å². The summed E-state index contributed by atoms with van der Waals surface area (Å²) in [5.74, 6) is 1.82. The quantitative estimate of drug-likeness (QED) is 0.818. The Balaban J connectivity index is 1.79. The van der Waals surface area contributed by atoms with Gasteiger partial charge < -0.3 is 9.88 Å². The fourth-order valence-electron chi connectivity index (χ4n) is 2.28. The molecule has 84 valence electrons. The maximum atomic E-state index is 4.05. The maximum Gasteiger partial charge on any atom is 0.130 e. The first kappa shape index (κ1) is 10.6. The third-order valence-electron chi connectivity index (χ3n) is 3.33. The van der Waals surface area contributed by atoms with E-state index in [0.717, 1.165) is 18.2 Å². The van der Waals surface area contributed by atoms with Gasteiger partial charge in [-0.2, -0.15) is 0 Å². The van der Waals surface area contributed by atoms with Crippen LogP contribution in [0.4, 0.5) is 0 Å². The van der Waals surface area contributed by atoms with E-state index in [1.165, 1.54) is 25.9 Å². The van der Waals surface area contributed by atoms with Crippen molar-refractivity contribution in [3.8, 4) is 0 Å². The third kappa shape index (κ3) is 2.78. The van der Waals surface area contributed by atoms with Gasteiger partial charge in [0.2, 0.25) is 0 Å². The lowest BCUT2D eigenvalue weighted by Crippen LogP contribution is -2.38. The summed E-state index contributed by atoms with van der Waals surface area (Å²) >= 11 is 0. The number of likely N-dealkylation sites (tertiary alicyclic amines) is 1. The first-order valence-electron chi connectivity index (χ1n) is 5.84. The van der Waals surface area contributed by atoms with Crippen LogP contribution in [0.25, 0.3) is 0 Å². The zero-order chi connectivity index (χ0) is 10.7. The van der Waals surface area contributed by atoms with Gasteiger partial charge >= 0.3 is 0 Å². The number of H-pyrrole nitrogens is 1. The van der Waals surface area contributed by atoms with Gasteiger partial charge in [0, 0.05) is 12.5 Å². The Hall–Kier alpha value is -0.900. The molecule has 4 heteroatoms. The van der Waals surface area contributed by atoms with Gasteiger partial charge in [-0.15, -0.1) is 10.2 Å². The average Bonchev–Trinajstić information content (AvgIpc) is 2.71. The maximum absolute atomic E-state index is 4.05. The standard InChI is InChI=1S/C11H20N4/c1-9(2)15-5-3-10(4-6-15)7-11-12-8-13-14-11/h8-10H,3-7H2,1-2H3,(H,12,13,14). The number of hydrogen-bond acceptors (Lipinski definition) is 3. The van der Waals surface area contributed by atoms with Crippen LogP contribution >= 0.6 is 0 Å². The van der Waals surface area contributed by atoms with Crippen molar-refractivity contribution in [3.05, 3.63) is 12.2 Å². The molecule has 1 saturated heterocycles. The average molecular weight is 208 g/mol. The molecule has 1 aromatic rings. The van der Waals surface area contributed by atoms with Crippen LogP contribution < -0.4 is 0 Å². The van der Waals surface area contributed by atoms with Gasteiger partial charge in [0.1, 0.15) is 12.2 Å². The van der Waals surface area contributed by atoms with Gasteiger partial charge in [-0.1, -0.05) is 0 Å². The van der Waals surface area contributed by atoms with E-state index >= 15 is 0 Å². The van der Waals surface area contributed by atoms with Crippen molar-refractivity contribution in [2.24, 2.45) is 5.92 Å². The van der Waals surface area contributed by atoms with Crippen LogP contribution in [0.2, 0.25) is 0 Å². The Bertz CT molecular complexity index is 273. The Labute approximate surface area is 91.1 Å². The minimum atomic E-state index is 0.691. The lowest BCUT2D eigenvalue weighted by molar-refractivity contribution is 0.148. The van der Waals surface area contributed by atoms with Gasteiger partial charge in [-0.3, -0.25) is 0 Å². The smallest absolute Gasteiger partial charge is 0.130 e. The molecule has 1 aromatic heterocycles. The molecule has 0 radical (unpaired) electrons. The number of piperidine rings is 1. The number of rotatable bonds is 3. The van der Waals surface area contributed by atoms with E-state index in [1.807, 2.05) is 0 Å². The van der Waals surface area contributed by atoms with Crippen molar-refractivity contribution in [2.45, 2.75) is 39.2 Å². The van der Waals surface area contributed by atoms with Gasteiger partial charge in [-0.25, -0.2) is 0 Å². The summed E-state index contributed by atoms with van der Waals surface area (Å²) in [7, 11) is 0. The molecule has 0 saturated carbocycles. The summed E-state index contributed by atoms with van der Waals surface area (Å²) in [5.41, 5.74) is 0. The van der Waals surface area contributed by atoms with Crippen molar-refractivity contribution in [1.29, 1.82) is 0 Å². The lowest BCUT2D eigenvalue weighted by Gasteiger charge is -2.34. The summed E-state index contributed by atoms with van der Waals surface area (Å²) in [6, 6.07) is 0.691. The van der Waals surface area contributed by atoms with Crippen molar-refractivity contribution in [1.82, 2.24) is 20.1 Å². The topological polar surface area (TPSA) is 44.8 Å². The number of aromatic amines is 1. The number of aromatic nitrogens is 3. The molecule has 2 rings (SSSR count). The Morgan fingerprint density at radius 2 is 2.20 bits per heavy atom. The SMILES string of the molecule is CC(C)N1CCC(Cc2nnc[nH]2)CC1. The normalized spacial score (nSPS) is 19.9. The van der Waals surface area contributed by atoms with Crippen LogP contribution in [0.15, 0.2) is 6.33 Å². The summed E-state index contributed by atoms with van der Waals surface area (Å²) in [5, 5.41) is 7.86. The molecule has 1 aliphatic heterocycles. The Morgan fingerprint density at radius 1 is 1.47 bits per heavy atom. The van der Waals surface area contributed by atoms with E-state index in [1.54, 1.807) is 6.33 Å². The molecule has 1 N–H and O–H groups in total. The lowest BCUT2D eigenvalue weighted by atomic mass is 9.93. The van der Waals surface area contributed by atoms with Crippen LogP contribution in [0, 0.1) is 5.92 Å². The minimum absolute atomic E-state index is 0.691. The Morgan fingerprint density at radius 3 is 2.73 bits per heavy atom. The summed E-state index contributed by atoms with van der Waals surface area (Å²) < 4.78 is 0. The third-order valence-corrected chi connectivity index (χ3v) is 3.33. The van der Waals surface area contributed by atoms with Crippen LogP contribution in [0.1, 0.15) is 32.5 Å². The first-order valence-corrected chi connectivity index (χ1v) is 5.84. The monoisotopic (exact) mass is 208 g/mol. The molecule has 2 heterocycles. The highest BCUT2D eigenvalue weighted by Crippen LogP contribution is 2.21. The van der Waals surface area contributed by atoms with Crippen LogP contribution in [-0.2, 0) is 6.42 Å². The largest absolute Gasteiger partial charge is 0.332 e. The molecule has 4 nitrogen and oxygen atoms in total. The molecule has 1 fully saturated rings. The van der Waals surface area contributed by atoms with Crippen molar-refractivity contribution >= 4 is 0 Å². The van der Waals surface area contributed by atoms with Crippen molar-refractivity contribution in [3.63, 3.8) is 0 Å². The number of nitrogens with zero attached hydrogens (tertiary/aromatic N) is 3. The first-order chi connectivity index (χ1) is 7.25. The predicted molar refractivity (Wildman–Crippen MR) is 59.5 cm³/mol. The second-order valence-electron chi connectivity index (χ2n) is 4.71. The molecular weight excluding hydrogens is 188 g/mol. The number of hydrogen-bond donors (Lipinski definition) is 1. The fraction of sp³-hybridized carbons (Fsp3) is 0.818. The van der Waals surface area contributed by atoms with Gasteiger partial charge in [-0.05, 0) is 45.7 Å². The highest BCUT2D eigenvalue weighted by atomic mass is 15.2. The highest BCUT2D eigenvalue weighted by Gasteiger charge is 2.21. The zero-order valence-corrected chi connectivity index (χ0v) is 9.61. The van der Waals surface area contributed by atoms with Crippen molar-refractivity contribution in [2.75, 3.05) is 13.1 Å². The van der Waals surface area contributed by atoms with Crippen molar-refractivity contribution < 1.29 is 0 Å². The number of nitrogens with one attached hydrogen (secondary N) is 1. The second-order valence-corrected chi connectivity index (χ2v) is 4.71. The molecule has 1 aliphatic rings. The minimum Gasteiger partial charge on any atom is -0.332 e. The van der Waals surface area contributed by atoms with E-state index in [-0.39, 0.29) is 0 Å². The van der Waals surface area contributed by atoms with Gasteiger partial charge in [0.25, 0.3) is 0 Å². The van der Waals surface area contributed by atoms with E-state index in [0.29, 0.717) is 6.04 Å². The molecule has 0 amide bonds. The molecule has 0 spiro atoms. The molecule has 0 bridgehead atoms. The zero-order valence-electron chi connectivity index (χ0n) is 9.61. The molecule has 0 aliphatic carbocycles. The molecular formula is C11H20N4. The van der Waals surface area contributed by atoms with Crippen LogP contribution in [-0.4, -0.2) is 39.2 Å². The fourth-order valence-corrected chi connectivity index (χ4v) is 2.28.